The standard InChI is InChI=1S/C9H9ClF2/c1-6-3-7(9(2,11)12)5-8(10)4-6/h3-5H,1-2H3. The van der Waals surface area contributed by atoms with Crippen molar-refractivity contribution >= 4 is 11.6 Å². The summed E-state index contributed by atoms with van der Waals surface area (Å²) < 4.78 is 25.5. The Morgan fingerprint density at radius 1 is 1.25 bits per heavy atom. The highest BCUT2D eigenvalue weighted by molar-refractivity contribution is 6.30. The van der Waals surface area contributed by atoms with E-state index in [9.17, 15) is 8.78 Å². The number of halogens is 3. The molecule has 0 N–H and O–H groups in total. The average molecular weight is 191 g/mol. The Bertz CT molecular complexity index is 269. The molecule has 0 fully saturated rings. The summed E-state index contributed by atoms with van der Waals surface area (Å²) in [5.41, 5.74) is 0.714. The van der Waals surface area contributed by atoms with Crippen molar-refractivity contribution < 1.29 is 8.78 Å². The zero-order valence-corrected chi connectivity index (χ0v) is 7.62. The van der Waals surface area contributed by atoms with E-state index in [4.69, 9.17) is 11.6 Å². The van der Waals surface area contributed by atoms with Gasteiger partial charge < -0.3 is 0 Å². The van der Waals surface area contributed by atoms with E-state index >= 15 is 0 Å². The van der Waals surface area contributed by atoms with Crippen molar-refractivity contribution in [1.82, 2.24) is 0 Å². The van der Waals surface area contributed by atoms with E-state index in [1.54, 1.807) is 13.0 Å². The monoisotopic (exact) mass is 190 g/mol. The van der Waals surface area contributed by atoms with Gasteiger partial charge in [-0.3, -0.25) is 0 Å². The molecule has 12 heavy (non-hydrogen) atoms. The van der Waals surface area contributed by atoms with Crippen LogP contribution in [0, 0.1) is 6.92 Å². The second-order valence-corrected chi connectivity index (χ2v) is 3.34. The summed E-state index contributed by atoms with van der Waals surface area (Å²) in [6.45, 7) is 2.60. The highest BCUT2D eigenvalue weighted by Crippen LogP contribution is 2.29. The molecule has 0 aliphatic carbocycles. The number of rotatable bonds is 1. The molecule has 66 valence electrons. The summed E-state index contributed by atoms with van der Waals surface area (Å²) in [6.07, 6.45) is 0. The summed E-state index contributed by atoms with van der Waals surface area (Å²) in [5.74, 6) is -2.81. The lowest BCUT2D eigenvalue weighted by Crippen LogP contribution is -2.06. The Balaban J connectivity index is 3.18. The van der Waals surface area contributed by atoms with E-state index in [1.165, 1.54) is 12.1 Å². The summed E-state index contributed by atoms with van der Waals surface area (Å²) in [5, 5.41) is 0.353. The fourth-order valence-corrected chi connectivity index (χ4v) is 1.28. The zero-order valence-electron chi connectivity index (χ0n) is 6.87. The first-order valence-electron chi connectivity index (χ1n) is 3.55. The van der Waals surface area contributed by atoms with Gasteiger partial charge in [-0.2, -0.15) is 0 Å². The van der Waals surface area contributed by atoms with Crippen LogP contribution in [0.3, 0.4) is 0 Å². The van der Waals surface area contributed by atoms with Crippen LogP contribution in [0.15, 0.2) is 18.2 Å². The van der Waals surface area contributed by atoms with Crippen molar-refractivity contribution in [3.63, 3.8) is 0 Å². The quantitative estimate of drug-likeness (QED) is 0.633. The van der Waals surface area contributed by atoms with Crippen LogP contribution in [-0.4, -0.2) is 0 Å². The van der Waals surface area contributed by atoms with E-state index in [-0.39, 0.29) is 5.56 Å². The number of alkyl halides is 2. The third-order valence-electron chi connectivity index (χ3n) is 1.55. The molecular weight excluding hydrogens is 182 g/mol. The van der Waals surface area contributed by atoms with Gasteiger partial charge in [-0.05, 0) is 24.6 Å². The van der Waals surface area contributed by atoms with Crippen LogP contribution in [-0.2, 0) is 5.92 Å². The number of aryl methyl sites for hydroxylation is 1. The summed E-state index contributed by atoms with van der Waals surface area (Å²) in [6, 6.07) is 4.37. The van der Waals surface area contributed by atoms with Crippen LogP contribution >= 0.6 is 11.6 Å². The first kappa shape index (κ1) is 9.46. The summed E-state index contributed by atoms with van der Waals surface area (Å²) >= 11 is 5.62. The van der Waals surface area contributed by atoms with Gasteiger partial charge in [-0.15, -0.1) is 0 Å². The van der Waals surface area contributed by atoms with Crippen molar-refractivity contribution in [2.75, 3.05) is 0 Å². The molecule has 0 saturated heterocycles. The third kappa shape index (κ3) is 2.18. The molecule has 0 saturated carbocycles. The van der Waals surface area contributed by atoms with Crippen molar-refractivity contribution in [3.05, 3.63) is 34.3 Å². The van der Waals surface area contributed by atoms with Crippen LogP contribution in [0.1, 0.15) is 18.1 Å². The van der Waals surface area contributed by atoms with E-state index in [0.29, 0.717) is 5.02 Å². The largest absolute Gasteiger partial charge is 0.270 e. The molecule has 0 heterocycles. The molecule has 3 heteroatoms. The normalized spacial score (nSPS) is 11.8. The maximum atomic E-state index is 12.8. The lowest BCUT2D eigenvalue weighted by atomic mass is 10.1. The molecule has 0 aromatic heterocycles. The molecule has 0 aliphatic heterocycles. The van der Waals surface area contributed by atoms with E-state index in [1.807, 2.05) is 0 Å². The molecule has 1 rings (SSSR count). The fraction of sp³-hybridized carbons (Fsp3) is 0.333. The van der Waals surface area contributed by atoms with Gasteiger partial charge in [0.15, 0.2) is 0 Å². The Labute approximate surface area is 75.2 Å². The second kappa shape index (κ2) is 3.02. The van der Waals surface area contributed by atoms with Crippen LogP contribution < -0.4 is 0 Å². The highest BCUT2D eigenvalue weighted by Gasteiger charge is 2.24. The van der Waals surface area contributed by atoms with Gasteiger partial charge in [-0.25, -0.2) is 8.78 Å². The Hall–Kier alpha value is -0.630. The third-order valence-corrected chi connectivity index (χ3v) is 1.77. The molecule has 0 radical (unpaired) electrons. The van der Waals surface area contributed by atoms with Gasteiger partial charge in [0.1, 0.15) is 0 Å². The van der Waals surface area contributed by atoms with Crippen LogP contribution in [0.25, 0.3) is 0 Å². The zero-order chi connectivity index (χ0) is 9.35. The first-order valence-corrected chi connectivity index (χ1v) is 3.93. The minimum absolute atomic E-state index is 0.0347. The van der Waals surface area contributed by atoms with Gasteiger partial charge in [-0.1, -0.05) is 17.7 Å². The molecule has 0 bridgehead atoms. The van der Waals surface area contributed by atoms with E-state index in [0.717, 1.165) is 12.5 Å². The van der Waals surface area contributed by atoms with Gasteiger partial charge in [0.05, 0.1) is 0 Å². The smallest absolute Gasteiger partial charge is 0.202 e. The lowest BCUT2D eigenvalue weighted by Gasteiger charge is -2.11. The molecule has 0 nitrogen and oxygen atoms in total. The van der Waals surface area contributed by atoms with Crippen molar-refractivity contribution in [1.29, 1.82) is 0 Å². The van der Waals surface area contributed by atoms with Crippen LogP contribution in [0.5, 0.6) is 0 Å². The highest BCUT2D eigenvalue weighted by atomic mass is 35.5. The number of benzene rings is 1. The maximum absolute atomic E-state index is 12.8. The van der Waals surface area contributed by atoms with Gasteiger partial charge >= 0.3 is 0 Å². The fourth-order valence-electron chi connectivity index (χ4n) is 0.990. The van der Waals surface area contributed by atoms with Crippen LogP contribution in [0.4, 0.5) is 8.78 Å². The van der Waals surface area contributed by atoms with E-state index in [2.05, 4.69) is 0 Å². The molecule has 1 aromatic carbocycles. The Morgan fingerprint density at radius 2 is 1.83 bits per heavy atom. The van der Waals surface area contributed by atoms with E-state index < -0.39 is 5.92 Å². The van der Waals surface area contributed by atoms with Crippen molar-refractivity contribution in [3.8, 4) is 0 Å². The maximum Gasteiger partial charge on any atom is 0.270 e. The molecule has 0 aliphatic rings. The Kier molecular flexibility index (Phi) is 2.38. The minimum atomic E-state index is -2.81. The molecule has 0 amide bonds. The molecular formula is C9H9ClF2. The average Bonchev–Trinajstić information content (AvgIpc) is 1.82. The predicted octanol–water partition coefficient (Wildman–Crippen LogP) is 3.76. The van der Waals surface area contributed by atoms with Crippen molar-refractivity contribution in [2.45, 2.75) is 19.8 Å². The summed E-state index contributed by atoms with van der Waals surface area (Å²) in [4.78, 5) is 0. The number of hydrogen-bond acceptors (Lipinski definition) is 0. The van der Waals surface area contributed by atoms with Crippen molar-refractivity contribution in [2.24, 2.45) is 0 Å². The van der Waals surface area contributed by atoms with Crippen LogP contribution in [0.2, 0.25) is 5.02 Å². The second-order valence-electron chi connectivity index (χ2n) is 2.91. The van der Waals surface area contributed by atoms with Gasteiger partial charge in [0.25, 0.3) is 5.92 Å². The molecule has 0 unspecified atom stereocenters. The Morgan fingerprint density at radius 3 is 2.25 bits per heavy atom. The first-order chi connectivity index (χ1) is 5.39. The SMILES string of the molecule is Cc1cc(Cl)cc(C(C)(F)F)c1. The van der Waals surface area contributed by atoms with Gasteiger partial charge in [0, 0.05) is 17.5 Å². The topological polar surface area (TPSA) is 0 Å². The molecule has 0 spiro atoms. The minimum Gasteiger partial charge on any atom is -0.202 e. The van der Waals surface area contributed by atoms with Gasteiger partial charge in [0.2, 0.25) is 0 Å². The summed E-state index contributed by atoms with van der Waals surface area (Å²) in [7, 11) is 0. The number of hydrogen-bond donors (Lipinski definition) is 0. The lowest BCUT2D eigenvalue weighted by molar-refractivity contribution is 0.0174. The molecule has 0 atom stereocenters. The predicted molar refractivity (Wildman–Crippen MR) is 45.8 cm³/mol. The molecule has 1 aromatic rings.